The third-order valence-electron chi connectivity index (χ3n) is 3.34. The molecule has 0 saturated heterocycles. The van der Waals surface area contributed by atoms with Gasteiger partial charge in [-0.3, -0.25) is 15.3 Å². The monoisotopic (exact) mass is 435 g/mol. The average molecular weight is 436 g/mol. The van der Waals surface area contributed by atoms with Crippen molar-refractivity contribution in [3.8, 4) is 12.1 Å². The number of hydrogen-bond acceptors (Lipinski definition) is 7. The number of fused-ring (bicyclic) bond motifs is 1. The van der Waals surface area contributed by atoms with Crippen LogP contribution in [0.25, 0.3) is 10.1 Å². The Labute approximate surface area is 173 Å². The standard InChI is InChI=1S/C11H8FN3O2S.C7H4ClFN2/c1-2-17-11(16)15-10-6(3-13)7-4-14-5-8(12)9(7)18-10;8-7-5(1-2-10)3-11-4-6(7)9/h4-5H,2H2,1H3,(H,15,16);3-4H,1H2. The molecule has 0 fully saturated rings. The molecule has 3 heterocycles. The molecule has 0 spiro atoms. The molecule has 0 aliphatic heterocycles. The molecule has 0 atom stereocenters. The van der Waals surface area contributed by atoms with E-state index in [2.05, 4.69) is 15.3 Å². The minimum atomic E-state index is -0.672. The molecule has 29 heavy (non-hydrogen) atoms. The molecule has 0 bridgehead atoms. The number of anilines is 1. The Kier molecular flexibility index (Phi) is 7.78. The van der Waals surface area contributed by atoms with Crippen LogP contribution in [0.3, 0.4) is 0 Å². The number of carbonyl (C=O) groups is 1. The quantitative estimate of drug-likeness (QED) is 0.631. The fourth-order valence-corrected chi connectivity index (χ4v) is 3.28. The van der Waals surface area contributed by atoms with Crippen LogP contribution in [0.2, 0.25) is 5.02 Å². The highest BCUT2D eigenvalue weighted by Gasteiger charge is 2.17. The lowest BCUT2D eigenvalue weighted by molar-refractivity contribution is 0.168. The zero-order chi connectivity index (χ0) is 21.4. The van der Waals surface area contributed by atoms with Gasteiger partial charge in [-0.05, 0) is 6.92 Å². The number of rotatable bonds is 3. The Hall–Kier alpha value is -3.34. The number of pyridine rings is 2. The average Bonchev–Trinajstić information content (AvgIpc) is 3.05. The summed E-state index contributed by atoms with van der Waals surface area (Å²) in [6, 6.07) is 3.79. The number of thiophene rings is 1. The molecule has 1 amide bonds. The smallest absolute Gasteiger partial charge is 0.412 e. The van der Waals surface area contributed by atoms with Crippen molar-refractivity contribution in [2.24, 2.45) is 0 Å². The van der Waals surface area contributed by atoms with Gasteiger partial charge in [-0.25, -0.2) is 13.6 Å². The summed E-state index contributed by atoms with van der Waals surface area (Å²) in [5.41, 5.74) is 0.615. The molecule has 0 aromatic carbocycles. The highest BCUT2D eigenvalue weighted by Crippen LogP contribution is 2.36. The molecule has 11 heteroatoms. The third kappa shape index (κ3) is 5.35. The molecule has 148 valence electrons. The van der Waals surface area contributed by atoms with Gasteiger partial charge in [0.25, 0.3) is 0 Å². The number of nitrogens with zero attached hydrogens (tertiary/aromatic N) is 4. The lowest BCUT2D eigenvalue weighted by Crippen LogP contribution is -2.12. The van der Waals surface area contributed by atoms with E-state index in [1.54, 1.807) is 6.92 Å². The summed E-state index contributed by atoms with van der Waals surface area (Å²) < 4.78 is 31.1. The molecule has 0 saturated carbocycles. The molecular weight excluding hydrogens is 424 g/mol. The second kappa shape index (κ2) is 10.3. The van der Waals surface area contributed by atoms with E-state index >= 15 is 0 Å². The number of ether oxygens (including phenoxy) is 1. The molecule has 3 rings (SSSR count). The van der Waals surface area contributed by atoms with E-state index in [1.807, 2.05) is 12.1 Å². The van der Waals surface area contributed by atoms with Crippen LogP contribution in [-0.2, 0) is 11.2 Å². The Balaban J connectivity index is 0.000000234. The highest BCUT2D eigenvalue weighted by atomic mass is 35.5. The van der Waals surface area contributed by atoms with Crippen molar-refractivity contribution in [1.82, 2.24) is 9.97 Å². The van der Waals surface area contributed by atoms with E-state index in [4.69, 9.17) is 26.9 Å². The number of carbonyl (C=O) groups excluding carboxylic acids is 1. The van der Waals surface area contributed by atoms with Crippen LogP contribution in [0, 0.1) is 34.3 Å². The number of nitriles is 2. The van der Waals surface area contributed by atoms with Gasteiger partial charge < -0.3 is 4.74 Å². The second-order valence-corrected chi connectivity index (χ2v) is 6.59. The normalized spacial score (nSPS) is 9.72. The van der Waals surface area contributed by atoms with E-state index < -0.39 is 17.7 Å². The van der Waals surface area contributed by atoms with E-state index in [9.17, 15) is 13.6 Å². The minimum Gasteiger partial charge on any atom is -0.450 e. The van der Waals surface area contributed by atoms with Crippen molar-refractivity contribution in [1.29, 1.82) is 10.5 Å². The summed E-state index contributed by atoms with van der Waals surface area (Å²) in [5.74, 6) is -1.11. The van der Waals surface area contributed by atoms with Gasteiger partial charge in [-0.2, -0.15) is 10.5 Å². The van der Waals surface area contributed by atoms with Crippen molar-refractivity contribution in [2.75, 3.05) is 11.9 Å². The molecule has 3 aromatic rings. The van der Waals surface area contributed by atoms with Crippen LogP contribution >= 0.6 is 22.9 Å². The van der Waals surface area contributed by atoms with Crippen LogP contribution in [0.5, 0.6) is 0 Å². The lowest BCUT2D eigenvalue weighted by Gasteiger charge is -2.02. The predicted octanol–water partition coefficient (Wildman–Crippen LogP) is 4.82. The fourth-order valence-electron chi connectivity index (χ4n) is 2.11. The Bertz CT molecular complexity index is 1120. The van der Waals surface area contributed by atoms with Gasteiger partial charge in [-0.1, -0.05) is 11.6 Å². The molecule has 7 nitrogen and oxygen atoms in total. The maximum absolute atomic E-state index is 13.5. The first-order valence-electron chi connectivity index (χ1n) is 7.97. The Morgan fingerprint density at radius 1 is 1.24 bits per heavy atom. The van der Waals surface area contributed by atoms with Crippen molar-refractivity contribution in [2.45, 2.75) is 13.3 Å². The summed E-state index contributed by atoms with van der Waals surface area (Å²) in [6.45, 7) is 1.88. The molecule has 0 radical (unpaired) electrons. The van der Waals surface area contributed by atoms with Gasteiger partial charge >= 0.3 is 6.09 Å². The first kappa shape index (κ1) is 22.0. The summed E-state index contributed by atoms with van der Waals surface area (Å²) in [6.07, 6.45) is 4.27. The predicted molar refractivity (Wildman–Crippen MR) is 103 cm³/mol. The van der Waals surface area contributed by atoms with E-state index in [1.165, 1.54) is 12.4 Å². The summed E-state index contributed by atoms with van der Waals surface area (Å²) in [7, 11) is 0. The van der Waals surface area contributed by atoms with Gasteiger partial charge in [0.15, 0.2) is 11.6 Å². The molecule has 0 aliphatic carbocycles. The van der Waals surface area contributed by atoms with Gasteiger partial charge in [0.2, 0.25) is 0 Å². The zero-order valence-electron chi connectivity index (χ0n) is 14.9. The number of hydrogen-bond donors (Lipinski definition) is 1. The van der Waals surface area contributed by atoms with E-state index in [0.717, 1.165) is 23.7 Å². The summed E-state index contributed by atoms with van der Waals surface area (Å²) >= 11 is 6.49. The Morgan fingerprint density at radius 2 is 1.93 bits per heavy atom. The van der Waals surface area contributed by atoms with Crippen LogP contribution in [0.1, 0.15) is 18.1 Å². The van der Waals surface area contributed by atoms with Gasteiger partial charge in [0.05, 0.1) is 46.8 Å². The lowest BCUT2D eigenvalue weighted by atomic mass is 10.2. The highest BCUT2D eigenvalue weighted by molar-refractivity contribution is 7.23. The largest absolute Gasteiger partial charge is 0.450 e. The minimum absolute atomic E-state index is 0.0125. The van der Waals surface area contributed by atoms with Crippen molar-refractivity contribution >= 4 is 44.1 Å². The molecule has 0 aliphatic rings. The second-order valence-electron chi connectivity index (χ2n) is 5.19. The number of nitrogens with one attached hydrogen (secondary N) is 1. The van der Waals surface area contributed by atoms with E-state index in [-0.39, 0.29) is 33.3 Å². The number of aromatic nitrogens is 2. The van der Waals surface area contributed by atoms with Crippen LogP contribution in [0.15, 0.2) is 24.8 Å². The van der Waals surface area contributed by atoms with E-state index in [0.29, 0.717) is 10.9 Å². The van der Waals surface area contributed by atoms with Crippen LogP contribution in [0.4, 0.5) is 18.6 Å². The zero-order valence-corrected chi connectivity index (χ0v) is 16.4. The molecular formula is C18H12ClF2N5O2S. The fraction of sp³-hybridized carbons (Fsp3) is 0.167. The third-order valence-corrected chi connectivity index (χ3v) is 4.89. The molecule has 0 unspecified atom stereocenters. The molecule has 1 N–H and O–H groups in total. The van der Waals surface area contributed by atoms with Gasteiger partial charge in [-0.15, -0.1) is 11.3 Å². The maximum atomic E-state index is 13.5. The van der Waals surface area contributed by atoms with Gasteiger partial charge in [0.1, 0.15) is 11.1 Å². The first-order valence-corrected chi connectivity index (χ1v) is 9.17. The van der Waals surface area contributed by atoms with Crippen molar-refractivity contribution in [3.63, 3.8) is 0 Å². The summed E-state index contributed by atoms with van der Waals surface area (Å²) in [5, 5.41) is 20.4. The Morgan fingerprint density at radius 3 is 2.59 bits per heavy atom. The van der Waals surface area contributed by atoms with Crippen LogP contribution < -0.4 is 5.32 Å². The topological polar surface area (TPSA) is 112 Å². The van der Waals surface area contributed by atoms with Crippen molar-refractivity contribution < 1.29 is 18.3 Å². The number of amides is 1. The SMILES string of the molecule is CCOC(=O)Nc1sc2c(F)cncc2c1C#N.N#CCc1cncc(F)c1Cl. The maximum Gasteiger partial charge on any atom is 0.412 e. The summed E-state index contributed by atoms with van der Waals surface area (Å²) in [4.78, 5) is 18.5. The molecule has 3 aromatic heterocycles. The van der Waals surface area contributed by atoms with Crippen LogP contribution in [-0.4, -0.2) is 22.7 Å². The first-order chi connectivity index (χ1) is 13.9. The number of halogens is 3. The van der Waals surface area contributed by atoms with Crippen molar-refractivity contribution in [3.05, 3.63) is 52.6 Å². The van der Waals surface area contributed by atoms with Gasteiger partial charge in [0, 0.05) is 23.3 Å².